The summed E-state index contributed by atoms with van der Waals surface area (Å²) in [6, 6.07) is 4.96. The SMILES string of the molecule is C[C@H]1CN(c2ccc3c(c2)C(=O)N(C2CCC(=O)NC2=O)C3=O)C[C@H](C)N1. The Kier molecular flexibility index (Phi) is 4.22. The van der Waals surface area contributed by atoms with Crippen LogP contribution < -0.4 is 15.5 Å². The molecule has 0 saturated carbocycles. The van der Waals surface area contributed by atoms with Crippen LogP contribution in [0.5, 0.6) is 0 Å². The summed E-state index contributed by atoms with van der Waals surface area (Å²) in [5.41, 5.74) is 1.52. The van der Waals surface area contributed by atoms with E-state index in [-0.39, 0.29) is 18.7 Å². The fourth-order valence-corrected chi connectivity index (χ4v) is 4.19. The number of imide groups is 2. The van der Waals surface area contributed by atoms with Gasteiger partial charge in [-0.1, -0.05) is 0 Å². The normalized spacial score (nSPS) is 28.4. The zero-order chi connectivity index (χ0) is 19.3. The molecule has 1 aromatic carbocycles. The number of anilines is 1. The molecule has 2 N–H and O–H groups in total. The summed E-state index contributed by atoms with van der Waals surface area (Å²) in [7, 11) is 0. The van der Waals surface area contributed by atoms with Gasteiger partial charge in [-0.2, -0.15) is 0 Å². The zero-order valence-corrected chi connectivity index (χ0v) is 15.3. The molecule has 2 saturated heterocycles. The topological polar surface area (TPSA) is 98.8 Å². The molecule has 0 spiro atoms. The second kappa shape index (κ2) is 6.45. The lowest BCUT2D eigenvalue weighted by Gasteiger charge is -2.37. The van der Waals surface area contributed by atoms with Crippen molar-refractivity contribution in [3.8, 4) is 0 Å². The van der Waals surface area contributed by atoms with Gasteiger partial charge in [-0.25, -0.2) is 0 Å². The fraction of sp³-hybridized carbons (Fsp3) is 0.474. The van der Waals surface area contributed by atoms with E-state index in [9.17, 15) is 19.2 Å². The van der Waals surface area contributed by atoms with Crippen LogP contribution in [-0.2, 0) is 9.59 Å². The second-order valence-electron chi connectivity index (χ2n) is 7.55. The maximum atomic E-state index is 12.9. The molecular weight excluding hydrogens is 348 g/mol. The summed E-state index contributed by atoms with van der Waals surface area (Å²) in [6.45, 7) is 5.83. The molecular formula is C19H22N4O4. The highest BCUT2D eigenvalue weighted by molar-refractivity contribution is 6.23. The molecule has 3 atom stereocenters. The number of benzene rings is 1. The molecule has 0 aliphatic carbocycles. The molecule has 142 valence electrons. The van der Waals surface area contributed by atoms with Gasteiger partial charge in [0.15, 0.2) is 0 Å². The lowest BCUT2D eigenvalue weighted by Crippen LogP contribution is -2.54. The first-order valence-corrected chi connectivity index (χ1v) is 9.22. The predicted octanol–water partition coefficient (Wildman–Crippen LogP) is 0.274. The van der Waals surface area contributed by atoms with Crippen molar-refractivity contribution < 1.29 is 19.2 Å². The number of hydrogen-bond donors (Lipinski definition) is 2. The van der Waals surface area contributed by atoms with Crippen LogP contribution in [0, 0.1) is 0 Å². The van der Waals surface area contributed by atoms with Crippen LogP contribution in [0.4, 0.5) is 5.69 Å². The van der Waals surface area contributed by atoms with Crippen molar-refractivity contribution in [1.29, 1.82) is 0 Å². The standard InChI is InChI=1S/C19H22N4O4/c1-10-8-22(9-11(2)20-10)12-3-4-13-14(7-12)19(27)23(18(13)26)15-5-6-16(24)21-17(15)25/h3-4,7,10-11,15,20H,5-6,8-9H2,1-2H3,(H,21,24,25)/t10-,11-,15?/m0/s1. The quantitative estimate of drug-likeness (QED) is 0.726. The molecule has 2 fully saturated rings. The minimum Gasteiger partial charge on any atom is -0.368 e. The molecule has 0 bridgehead atoms. The molecule has 8 heteroatoms. The zero-order valence-electron chi connectivity index (χ0n) is 15.3. The van der Waals surface area contributed by atoms with E-state index >= 15 is 0 Å². The fourth-order valence-electron chi connectivity index (χ4n) is 4.19. The number of nitrogens with one attached hydrogen (secondary N) is 2. The Labute approximate surface area is 156 Å². The number of piperidine rings is 1. The largest absolute Gasteiger partial charge is 0.368 e. The Hall–Kier alpha value is -2.74. The third-order valence-electron chi connectivity index (χ3n) is 5.35. The van der Waals surface area contributed by atoms with Gasteiger partial charge in [0.25, 0.3) is 11.8 Å². The van der Waals surface area contributed by atoms with Gasteiger partial charge in [0, 0.05) is 37.3 Å². The highest BCUT2D eigenvalue weighted by atomic mass is 16.2. The van der Waals surface area contributed by atoms with E-state index < -0.39 is 23.8 Å². The van der Waals surface area contributed by atoms with Crippen LogP contribution in [-0.4, -0.2) is 59.7 Å². The number of fused-ring (bicyclic) bond motifs is 1. The van der Waals surface area contributed by atoms with Crippen molar-refractivity contribution in [1.82, 2.24) is 15.5 Å². The monoisotopic (exact) mass is 370 g/mol. The Bertz CT molecular complexity index is 842. The van der Waals surface area contributed by atoms with Crippen molar-refractivity contribution in [2.75, 3.05) is 18.0 Å². The minimum atomic E-state index is -0.933. The summed E-state index contributed by atoms with van der Waals surface area (Å²) < 4.78 is 0. The number of carbonyl (C=O) groups is 4. The lowest BCUT2D eigenvalue weighted by atomic mass is 10.0. The molecule has 0 aromatic heterocycles. The average Bonchev–Trinajstić information content (AvgIpc) is 2.85. The van der Waals surface area contributed by atoms with Crippen molar-refractivity contribution >= 4 is 29.3 Å². The van der Waals surface area contributed by atoms with E-state index in [0.29, 0.717) is 23.2 Å². The Morgan fingerprint density at radius 3 is 2.30 bits per heavy atom. The van der Waals surface area contributed by atoms with Gasteiger partial charge in [0.05, 0.1) is 11.1 Å². The van der Waals surface area contributed by atoms with E-state index in [1.807, 2.05) is 6.07 Å². The molecule has 1 unspecified atom stereocenters. The first-order chi connectivity index (χ1) is 12.8. The van der Waals surface area contributed by atoms with E-state index in [1.165, 1.54) is 0 Å². The van der Waals surface area contributed by atoms with Crippen LogP contribution in [0.25, 0.3) is 0 Å². The third kappa shape index (κ3) is 2.99. The summed E-state index contributed by atoms with van der Waals surface area (Å²) in [4.78, 5) is 52.3. The lowest BCUT2D eigenvalue weighted by molar-refractivity contribution is -0.136. The summed E-state index contributed by atoms with van der Waals surface area (Å²) >= 11 is 0. The third-order valence-corrected chi connectivity index (χ3v) is 5.35. The molecule has 3 heterocycles. The number of amides is 4. The second-order valence-corrected chi connectivity index (χ2v) is 7.55. The molecule has 0 radical (unpaired) electrons. The number of nitrogens with zero attached hydrogens (tertiary/aromatic N) is 2. The summed E-state index contributed by atoms with van der Waals surface area (Å²) in [5, 5.41) is 5.67. The molecule has 27 heavy (non-hydrogen) atoms. The van der Waals surface area contributed by atoms with Crippen molar-refractivity contribution in [3.05, 3.63) is 29.3 Å². The van der Waals surface area contributed by atoms with Gasteiger partial charge in [0.1, 0.15) is 6.04 Å². The molecule has 8 nitrogen and oxygen atoms in total. The van der Waals surface area contributed by atoms with Crippen LogP contribution >= 0.6 is 0 Å². The van der Waals surface area contributed by atoms with E-state index in [4.69, 9.17) is 0 Å². The van der Waals surface area contributed by atoms with Crippen molar-refractivity contribution in [2.45, 2.75) is 44.8 Å². The average molecular weight is 370 g/mol. The molecule has 3 aliphatic heterocycles. The molecule has 4 amide bonds. The van der Waals surface area contributed by atoms with Crippen LogP contribution in [0.1, 0.15) is 47.4 Å². The van der Waals surface area contributed by atoms with Gasteiger partial charge in [-0.3, -0.25) is 29.4 Å². The first kappa shape index (κ1) is 17.7. The Morgan fingerprint density at radius 2 is 1.63 bits per heavy atom. The highest BCUT2D eigenvalue weighted by Crippen LogP contribution is 2.31. The summed E-state index contributed by atoms with van der Waals surface area (Å²) in [6.07, 6.45) is 0.279. The van der Waals surface area contributed by atoms with Crippen LogP contribution in [0.15, 0.2) is 18.2 Å². The smallest absolute Gasteiger partial charge is 0.262 e. The van der Waals surface area contributed by atoms with Gasteiger partial charge in [-0.15, -0.1) is 0 Å². The maximum Gasteiger partial charge on any atom is 0.262 e. The van der Waals surface area contributed by atoms with Gasteiger partial charge < -0.3 is 10.2 Å². The van der Waals surface area contributed by atoms with Crippen LogP contribution in [0.2, 0.25) is 0 Å². The Balaban J connectivity index is 1.62. The first-order valence-electron chi connectivity index (χ1n) is 9.22. The number of hydrogen-bond acceptors (Lipinski definition) is 6. The van der Waals surface area contributed by atoms with Crippen molar-refractivity contribution in [3.63, 3.8) is 0 Å². The van der Waals surface area contributed by atoms with Crippen LogP contribution in [0.3, 0.4) is 0 Å². The van der Waals surface area contributed by atoms with Gasteiger partial charge >= 0.3 is 0 Å². The van der Waals surface area contributed by atoms with Gasteiger partial charge in [0.2, 0.25) is 11.8 Å². The number of piperazine rings is 1. The van der Waals surface area contributed by atoms with Crippen molar-refractivity contribution in [2.24, 2.45) is 0 Å². The maximum absolute atomic E-state index is 12.9. The Morgan fingerprint density at radius 1 is 0.963 bits per heavy atom. The summed E-state index contributed by atoms with van der Waals surface area (Å²) in [5.74, 6) is -1.91. The number of rotatable bonds is 2. The molecule has 4 rings (SSSR count). The minimum absolute atomic E-state index is 0.117. The predicted molar refractivity (Wildman–Crippen MR) is 97.4 cm³/mol. The number of carbonyl (C=O) groups excluding carboxylic acids is 4. The van der Waals surface area contributed by atoms with E-state index in [2.05, 4.69) is 29.4 Å². The molecule has 1 aromatic rings. The van der Waals surface area contributed by atoms with E-state index in [0.717, 1.165) is 23.7 Å². The van der Waals surface area contributed by atoms with Gasteiger partial charge in [-0.05, 0) is 38.5 Å². The molecule has 3 aliphatic rings. The highest BCUT2D eigenvalue weighted by Gasteiger charge is 2.44. The van der Waals surface area contributed by atoms with E-state index in [1.54, 1.807) is 12.1 Å².